The second-order valence-electron chi connectivity index (χ2n) is 5.55. The molecule has 0 amide bonds. The molecule has 1 aromatic rings. The van der Waals surface area contributed by atoms with Gasteiger partial charge >= 0.3 is 0 Å². The van der Waals surface area contributed by atoms with Crippen LogP contribution >= 0.6 is 0 Å². The molecule has 2 unspecified atom stereocenters. The molecule has 0 bridgehead atoms. The van der Waals surface area contributed by atoms with Gasteiger partial charge in [-0.1, -0.05) is 0 Å². The Morgan fingerprint density at radius 1 is 1.37 bits per heavy atom. The number of aryl methyl sites for hydroxylation is 1. The zero-order chi connectivity index (χ0) is 13.5. The first-order chi connectivity index (χ1) is 9.08. The number of fused-ring (bicyclic) bond motifs is 1. The molecule has 3 heterocycles. The maximum atomic E-state index is 11.8. The predicted molar refractivity (Wildman–Crippen MR) is 69.4 cm³/mol. The van der Waals surface area contributed by atoms with E-state index >= 15 is 0 Å². The fourth-order valence-electron chi connectivity index (χ4n) is 2.95. The summed E-state index contributed by atoms with van der Waals surface area (Å²) in [7, 11) is -2.93. The van der Waals surface area contributed by atoms with Crippen LogP contribution in [0.25, 0.3) is 0 Å². The van der Waals surface area contributed by atoms with E-state index in [2.05, 4.69) is 10.1 Å². The summed E-state index contributed by atoms with van der Waals surface area (Å²) < 4.78 is 25.5. The van der Waals surface area contributed by atoms with Gasteiger partial charge in [0.05, 0.1) is 11.0 Å². The standard InChI is InChI=1S/C12H19N3O3S/c16-8-9-3-4-12-13-11(14-15(12)7-9)6-10-2-1-5-19(10,17)18/h9-10,16H,1-8H2. The number of sulfone groups is 1. The molecule has 1 saturated heterocycles. The number of aliphatic hydroxyl groups is 1. The Balaban J connectivity index is 1.75. The van der Waals surface area contributed by atoms with Gasteiger partial charge in [0.25, 0.3) is 0 Å². The summed E-state index contributed by atoms with van der Waals surface area (Å²) in [6, 6.07) is 0. The highest BCUT2D eigenvalue weighted by Gasteiger charge is 2.33. The van der Waals surface area contributed by atoms with Crippen molar-refractivity contribution in [2.45, 2.75) is 43.9 Å². The van der Waals surface area contributed by atoms with Gasteiger partial charge in [-0.25, -0.2) is 18.1 Å². The molecule has 2 aliphatic heterocycles. The third kappa shape index (κ3) is 2.53. The van der Waals surface area contributed by atoms with E-state index in [0.29, 0.717) is 24.5 Å². The summed E-state index contributed by atoms with van der Waals surface area (Å²) in [6.45, 7) is 0.863. The lowest BCUT2D eigenvalue weighted by Crippen LogP contribution is -2.23. The molecule has 6 nitrogen and oxygen atoms in total. The smallest absolute Gasteiger partial charge is 0.153 e. The summed E-state index contributed by atoms with van der Waals surface area (Å²) >= 11 is 0. The zero-order valence-electron chi connectivity index (χ0n) is 10.8. The molecule has 0 spiro atoms. The van der Waals surface area contributed by atoms with E-state index in [1.54, 1.807) is 0 Å². The van der Waals surface area contributed by atoms with E-state index in [0.717, 1.165) is 31.5 Å². The zero-order valence-corrected chi connectivity index (χ0v) is 11.6. The van der Waals surface area contributed by atoms with E-state index < -0.39 is 9.84 Å². The number of aliphatic hydroxyl groups excluding tert-OH is 1. The van der Waals surface area contributed by atoms with Crippen LogP contribution < -0.4 is 0 Å². The highest BCUT2D eigenvalue weighted by molar-refractivity contribution is 7.92. The Morgan fingerprint density at radius 2 is 2.21 bits per heavy atom. The molecule has 106 valence electrons. The molecule has 1 N–H and O–H groups in total. The minimum atomic E-state index is -2.93. The second-order valence-corrected chi connectivity index (χ2v) is 7.95. The molecular weight excluding hydrogens is 266 g/mol. The largest absolute Gasteiger partial charge is 0.396 e. The van der Waals surface area contributed by atoms with E-state index in [4.69, 9.17) is 0 Å². The Morgan fingerprint density at radius 3 is 2.89 bits per heavy atom. The van der Waals surface area contributed by atoms with Crippen LogP contribution in [-0.2, 0) is 29.2 Å². The number of hydrogen-bond acceptors (Lipinski definition) is 5. The van der Waals surface area contributed by atoms with E-state index in [-0.39, 0.29) is 17.8 Å². The first-order valence-corrected chi connectivity index (χ1v) is 8.55. The minimum absolute atomic E-state index is 0.172. The predicted octanol–water partition coefficient (Wildman–Crippen LogP) is -0.0475. The maximum absolute atomic E-state index is 11.8. The molecule has 0 aromatic carbocycles. The monoisotopic (exact) mass is 285 g/mol. The fraction of sp³-hybridized carbons (Fsp3) is 0.833. The van der Waals surface area contributed by atoms with E-state index in [9.17, 15) is 13.5 Å². The fourth-order valence-corrected chi connectivity index (χ4v) is 4.78. The quantitative estimate of drug-likeness (QED) is 0.842. The van der Waals surface area contributed by atoms with Crippen LogP contribution in [0.5, 0.6) is 0 Å². The molecule has 1 aromatic heterocycles. The highest BCUT2D eigenvalue weighted by Crippen LogP contribution is 2.24. The molecule has 2 atom stereocenters. The molecule has 2 aliphatic rings. The van der Waals surface area contributed by atoms with Crippen molar-refractivity contribution in [3.8, 4) is 0 Å². The first-order valence-electron chi connectivity index (χ1n) is 6.83. The van der Waals surface area contributed by atoms with Crippen molar-refractivity contribution in [3.63, 3.8) is 0 Å². The van der Waals surface area contributed by atoms with Gasteiger partial charge in [-0.2, -0.15) is 5.10 Å². The summed E-state index contributed by atoms with van der Waals surface area (Å²) in [5, 5.41) is 13.3. The summed E-state index contributed by atoms with van der Waals surface area (Å²) in [4.78, 5) is 4.45. The van der Waals surface area contributed by atoms with Crippen LogP contribution in [-0.4, -0.2) is 45.9 Å². The Bertz CT molecular complexity index is 567. The summed E-state index contributed by atoms with van der Waals surface area (Å²) in [5.41, 5.74) is 0. The van der Waals surface area contributed by atoms with Gasteiger partial charge in [0.15, 0.2) is 15.7 Å². The molecule has 0 radical (unpaired) electrons. The van der Waals surface area contributed by atoms with Gasteiger partial charge in [-0.05, 0) is 19.3 Å². The van der Waals surface area contributed by atoms with Crippen LogP contribution in [0.15, 0.2) is 0 Å². The van der Waals surface area contributed by atoms with Crippen molar-refractivity contribution in [2.75, 3.05) is 12.4 Å². The van der Waals surface area contributed by atoms with Gasteiger partial charge in [0.1, 0.15) is 5.82 Å². The summed E-state index contributed by atoms with van der Waals surface area (Å²) in [5.74, 6) is 2.12. The van der Waals surface area contributed by atoms with E-state index in [1.165, 1.54) is 0 Å². The van der Waals surface area contributed by atoms with Crippen LogP contribution in [0.1, 0.15) is 30.9 Å². The second kappa shape index (κ2) is 4.86. The average molecular weight is 285 g/mol. The lowest BCUT2D eigenvalue weighted by Gasteiger charge is -2.19. The number of hydrogen-bond donors (Lipinski definition) is 1. The number of rotatable bonds is 3. The maximum Gasteiger partial charge on any atom is 0.153 e. The number of nitrogens with zero attached hydrogens (tertiary/aromatic N) is 3. The van der Waals surface area contributed by atoms with E-state index in [1.807, 2.05) is 4.68 Å². The molecular formula is C12H19N3O3S. The minimum Gasteiger partial charge on any atom is -0.396 e. The van der Waals surface area contributed by atoms with Gasteiger partial charge in [0.2, 0.25) is 0 Å². The van der Waals surface area contributed by atoms with Crippen molar-refractivity contribution < 1.29 is 13.5 Å². The van der Waals surface area contributed by atoms with Crippen molar-refractivity contribution >= 4 is 9.84 Å². The Labute approximate surface area is 112 Å². The van der Waals surface area contributed by atoms with Gasteiger partial charge in [-0.15, -0.1) is 0 Å². The Hall–Kier alpha value is -0.950. The van der Waals surface area contributed by atoms with Gasteiger partial charge in [0, 0.05) is 31.9 Å². The Kier molecular flexibility index (Phi) is 3.34. The third-order valence-electron chi connectivity index (χ3n) is 4.13. The number of aromatic nitrogens is 3. The topological polar surface area (TPSA) is 85.1 Å². The lowest BCUT2D eigenvalue weighted by molar-refractivity contribution is 0.185. The average Bonchev–Trinajstić information content (AvgIpc) is 2.92. The molecule has 0 saturated carbocycles. The molecule has 7 heteroatoms. The van der Waals surface area contributed by atoms with Crippen LogP contribution in [0.3, 0.4) is 0 Å². The van der Waals surface area contributed by atoms with Crippen LogP contribution in [0.4, 0.5) is 0 Å². The van der Waals surface area contributed by atoms with Crippen molar-refractivity contribution in [2.24, 2.45) is 5.92 Å². The summed E-state index contributed by atoms with van der Waals surface area (Å²) in [6.07, 6.45) is 3.66. The lowest BCUT2D eigenvalue weighted by atomic mass is 10.0. The molecule has 3 rings (SSSR count). The molecule has 19 heavy (non-hydrogen) atoms. The molecule has 0 aliphatic carbocycles. The van der Waals surface area contributed by atoms with Gasteiger partial charge < -0.3 is 5.11 Å². The first kappa shape index (κ1) is 13.1. The third-order valence-corrected chi connectivity index (χ3v) is 6.41. The van der Waals surface area contributed by atoms with Crippen LogP contribution in [0, 0.1) is 5.92 Å². The highest BCUT2D eigenvalue weighted by atomic mass is 32.2. The SMILES string of the molecule is O=S1(=O)CCCC1Cc1nc2n(n1)CC(CO)CC2. The van der Waals surface area contributed by atoms with Gasteiger partial charge in [-0.3, -0.25) is 0 Å². The van der Waals surface area contributed by atoms with Crippen molar-refractivity contribution in [1.29, 1.82) is 0 Å². The van der Waals surface area contributed by atoms with Crippen molar-refractivity contribution in [1.82, 2.24) is 14.8 Å². The molecule has 1 fully saturated rings. The van der Waals surface area contributed by atoms with Crippen LogP contribution in [0.2, 0.25) is 0 Å². The van der Waals surface area contributed by atoms with Crippen molar-refractivity contribution in [3.05, 3.63) is 11.6 Å². The normalized spacial score (nSPS) is 29.3.